The fourth-order valence-corrected chi connectivity index (χ4v) is 4.33. The Kier molecular flexibility index (Phi) is 8.55. The van der Waals surface area contributed by atoms with E-state index in [1.807, 2.05) is 19.9 Å². The standard InChI is InChI=1S/C24H37N3O3/c1-19(2)18-30-24(29)26-14-11-21(12-15-26)23(28)25-16-22-10-6-7-13-27(22)17-20-8-4-3-5-9-20/h3-5,8-9,19,21-22H,6-7,10-18H2,1-2H3,(H,25,28). The third-order valence-electron chi connectivity index (χ3n) is 6.15. The first-order chi connectivity index (χ1) is 14.5. The molecule has 1 aromatic rings. The van der Waals surface area contributed by atoms with E-state index in [2.05, 4.69) is 34.5 Å². The molecule has 1 N–H and O–H groups in total. The predicted octanol–water partition coefficient (Wildman–Crippen LogP) is 3.66. The number of hydrogen-bond acceptors (Lipinski definition) is 4. The molecule has 1 atom stereocenters. The average molecular weight is 416 g/mol. The molecule has 30 heavy (non-hydrogen) atoms. The molecule has 166 valence electrons. The second kappa shape index (κ2) is 11.3. The summed E-state index contributed by atoms with van der Waals surface area (Å²) in [4.78, 5) is 29.1. The Hall–Kier alpha value is -2.08. The van der Waals surface area contributed by atoms with Crippen molar-refractivity contribution in [3.63, 3.8) is 0 Å². The highest BCUT2D eigenvalue weighted by Crippen LogP contribution is 2.21. The molecule has 0 radical (unpaired) electrons. The first kappa shape index (κ1) is 22.6. The number of carbonyl (C=O) groups excluding carboxylic acids is 2. The van der Waals surface area contributed by atoms with E-state index >= 15 is 0 Å². The number of benzene rings is 1. The molecule has 2 aliphatic heterocycles. The minimum atomic E-state index is -0.249. The summed E-state index contributed by atoms with van der Waals surface area (Å²) in [6.45, 7) is 8.43. The van der Waals surface area contributed by atoms with E-state index < -0.39 is 0 Å². The Labute approximate surface area is 180 Å². The third kappa shape index (κ3) is 6.73. The smallest absolute Gasteiger partial charge is 0.409 e. The molecule has 6 heteroatoms. The van der Waals surface area contributed by atoms with Crippen molar-refractivity contribution >= 4 is 12.0 Å². The fourth-order valence-electron chi connectivity index (χ4n) is 4.33. The maximum Gasteiger partial charge on any atom is 0.409 e. The maximum absolute atomic E-state index is 12.7. The zero-order valence-corrected chi connectivity index (χ0v) is 18.5. The first-order valence-corrected chi connectivity index (χ1v) is 11.5. The highest BCUT2D eigenvalue weighted by atomic mass is 16.6. The van der Waals surface area contributed by atoms with E-state index in [0.29, 0.717) is 51.0 Å². The van der Waals surface area contributed by atoms with Crippen LogP contribution in [0.5, 0.6) is 0 Å². The van der Waals surface area contributed by atoms with Gasteiger partial charge in [-0.25, -0.2) is 4.79 Å². The molecular formula is C24H37N3O3. The number of piperidine rings is 2. The monoisotopic (exact) mass is 415 g/mol. The second-order valence-electron chi connectivity index (χ2n) is 9.08. The van der Waals surface area contributed by atoms with Gasteiger partial charge in [-0.3, -0.25) is 9.69 Å². The molecule has 1 unspecified atom stereocenters. The van der Waals surface area contributed by atoms with Crippen molar-refractivity contribution in [2.45, 2.75) is 58.5 Å². The van der Waals surface area contributed by atoms with Crippen molar-refractivity contribution in [1.82, 2.24) is 15.1 Å². The van der Waals surface area contributed by atoms with Gasteiger partial charge in [-0.2, -0.15) is 0 Å². The van der Waals surface area contributed by atoms with Gasteiger partial charge in [0.25, 0.3) is 0 Å². The van der Waals surface area contributed by atoms with Crippen LogP contribution >= 0.6 is 0 Å². The minimum Gasteiger partial charge on any atom is -0.449 e. The highest BCUT2D eigenvalue weighted by molar-refractivity contribution is 5.79. The van der Waals surface area contributed by atoms with Crippen LogP contribution < -0.4 is 5.32 Å². The summed E-state index contributed by atoms with van der Waals surface area (Å²) >= 11 is 0. The van der Waals surface area contributed by atoms with Gasteiger partial charge in [0, 0.05) is 38.1 Å². The van der Waals surface area contributed by atoms with E-state index in [1.54, 1.807) is 4.90 Å². The summed E-state index contributed by atoms with van der Waals surface area (Å²) in [6.07, 6.45) is 4.75. The van der Waals surface area contributed by atoms with Crippen LogP contribution in [0.1, 0.15) is 51.5 Å². The lowest BCUT2D eigenvalue weighted by atomic mass is 9.95. The molecule has 0 saturated carbocycles. The number of hydrogen-bond donors (Lipinski definition) is 1. The largest absolute Gasteiger partial charge is 0.449 e. The second-order valence-corrected chi connectivity index (χ2v) is 9.08. The van der Waals surface area contributed by atoms with Gasteiger partial charge in [-0.05, 0) is 43.7 Å². The van der Waals surface area contributed by atoms with Crippen molar-refractivity contribution in [2.24, 2.45) is 11.8 Å². The SMILES string of the molecule is CC(C)COC(=O)N1CCC(C(=O)NCC2CCCCN2Cc2ccccc2)CC1. The molecule has 3 rings (SSSR count). The van der Waals surface area contributed by atoms with Gasteiger partial charge in [0.2, 0.25) is 5.91 Å². The van der Waals surface area contributed by atoms with Crippen molar-refractivity contribution in [3.8, 4) is 0 Å². The van der Waals surface area contributed by atoms with Crippen LogP contribution in [0.3, 0.4) is 0 Å². The molecular weight excluding hydrogens is 378 g/mol. The van der Waals surface area contributed by atoms with E-state index in [4.69, 9.17) is 4.74 Å². The van der Waals surface area contributed by atoms with Gasteiger partial charge in [0.15, 0.2) is 0 Å². The number of nitrogens with zero attached hydrogens (tertiary/aromatic N) is 2. The van der Waals surface area contributed by atoms with Crippen molar-refractivity contribution in [2.75, 3.05) is 32.8 Å². The molecule has 2 amide bonds. The number of ether oxygens (including phenoxy) is 1. The van der Waals surface area contributed by atoms with E-state index in [1.165, 1.54) is 18.4 Å². The molecule has 6 nitrogen and oxygen atoms in total. The van der Waals surface area contributed by atoms with Gasteiger partial charge in [-0.15, -0.1) is 0 Å². The Morgan fingerprint density at radius 1 is 1.07 bits per heavy atom. The predicted molar refractivity (Wildman–Crippen MR) is 118 cm³/mol. The lowest BCUT2D eigenvalue weighted by Crippen LogP contribution is -2.48. The highest BCUT2D eigenvalue weighted by Gasteiger charge is 2.29. The van der Waals surface area contributed by atoms with Crippen molar-refractivity contribution < 1.29 is 14.3 Å². The topological polar surface area (TPSA) is 61.9 Å². The summed E-state index contributed by atoms with van der Waals surface area (Å²) in [5.74, 6) is 0.458. The van der Waals surface area contributed by atoms with Gasteiger partial charge in [0.05, 0.1) is 6.61 Å². The van der Waals surface area contributed by atoms with Gasteiger partial charge in [-0.1, -0.05) is 50.6 Å². The normalized spacial score (nSPS) is 20.9. The molecule has 0 spiro atoms. The minimum absolute atomic E-state index is 0.00897. The van der Waals surface area contributed by atoms with Crippen LogP contribution in [0.4, 0.5) is 4.79 Å². The summed E-state index contributed by atoms with van der Waals surface area (Å²) < 4.78 is 5.31. The van der Waals surface area contributed by atoms with Crippen LogP contribution in [-0.2, 0) is 16.1 Å². The van der Waals surface area contributed by atoms with Crippen molar-refractivity contribution in [3.05, 3.63) is 35.9 Å². The Balaban J connectivity index is 1.42. The molecule has 0 aliphatic carbocycles. The lowest BCUT2D eigenvalue weighted by molar-refractivity contribution is -0.126. The van der Waals surface area contributed by atoms with Crippen LogP contribution in [0.2, 0.25) is 0 Å². The van der Waals surface area contributed by atoms with E-state index in [0.717, 1.165) is 19.5 Å². The number of amides is 2. The maximum atomic E-state index is 12.7. The average Bonchev–Trinajstić information content (AvgIpc) is 2.77. The Morgan fingerprint density at radius 3 is 2.50 bits per heavy atom. The number of carbonyl (C=O) groups is 2. The summed E-state index contributed by atoms with van der Waals surface area (Å²) in [5.41, 5.74) is 1.33. The van der Waals surface area contributed by atoms with Crippen LogP contribution in [-0.4, -0.2) is 60.6 Å². The van der Waals surface area contributed by atoms with Gasteiger partial charge < -0.3 is 15.0 Å². The van der Waals surface area contributed by atoms with Gasteiger partial charge >= 0.3 is 6.09 Å². The Morgan fingerprint density at radius 2 is 1.80 bits per heavy atom. The van der Waals surface area contributed by atoms with Crippen LogP contribution in [0.15, 0.2) is 30.3 Å². The molecule has 2 saturated heterocycles. The van der Waals surface area contributed by atoms with E-state index in [-0.39, 0.29) is 17.9 Å². The Bertz CT molecular complexity index is 672. The summed E-state index contributed by atoms with van der Waals surface area (Å²) in [7, 11) is 0. The molecule has 0 aromatic heterocycles. The number of nitrogens with one attached hydrogen (secondary N) is 1. The molecule has 2 fully saturated rings. The number of rotatable bonds is 7. The number of likely N-dealkylation sites (tertiary alicyclic amines) is 2. The summed E-state index contributed by atoms with van der Waals surface area (Å²) in [5, 5.41) is 3.21. The summed E-state index contributed by atoms with van der Waals surface area (Å²) in [6, 6.07) is 11.0. The molecule has 2 aliphatic rings. The zero-order valence-electron chi connectivity index (χ0n) is 18.5. The molecule has 2 heterocycles. The van der Waals surface area contributed by atoms with Gasteiger partial charge in [0.1, 0.15) is 0 Å². The third-order valence-corrected chi connectivity index (χ3v) is 6.15. The van der Waals surface area contributed by atoms with Crippen LogP contribution in [0.25, 0.3) is 0 Å². The van der Waals surface area contributed by atoms with Crippen LogP contribution in [0, 0.1) is 11.8 Å². The first-order valence-electron chi connectivity index (χ1n) is 11.5. The quantitative estimate of drug-likeness (QED) is 0.738. The fraction of sp³-hybridized carbons (Fsp3) is 0.667. The molecule has 1 aromatic carbocycles. The van der Waals surface area contributed by atoms with E-state index in [9.17, 15) is 9.59 Å². The zero-order chi connectivity index (χ0) is 21.3. The molecule has 0 bridgehead atoms. The lowest BCUT2D eigenvalue weighted by Gasteiger charge is -2.36. The van der Waals surface area contributed by atoms with Crippen molar-refractivity contribution in [1.29, 1.82) is 0 Å².